The summed E-state index contributed by atoms with van der Waals surface area (Å²) in [5, 5.41) is 12.0. The van der Waals surface area contributed by atoms with Gasteiger partial charge < -0.3 is 10.4 Å². The number of carbonyl (C=O) groups excluding carboxylic acids is 1. The molecule has 0 aliphatic heterocycles. The fraction of sp³-hybridized carbons (Fsp3) is 0.333. The van der Waals surface area contributed by atoms with Gasteiger partial charge in [0.15, 0.2) is 0 Å². The summed E-state index contributed by atoms with van der Waals surface area (Å²) >= 11 is 0. The third-order valence-corrected chi connectivity index (χ3v) is 3.88. The zero-order chi connectivity index (χ0) is 14.8. The van der Waals surface area contributed by atoms with Gasteiger partial charge in [-0.3, -0.25) is 19.6 Å². The number of benzene rings is 1. The number of nitrogens with zero attached hydrogens (tertiary/aromatic N) is 2. The standard InChI is InChI=1S/C15H15N3O3/c19-14(18-11-3-1-2-10(11)15(20)21)9-4-5-12-13(8-9)17-7-6-16-12/h4-8,10-11H,1-3H2,(H,18,19)(H,20,21). The average Bonchev–Trinajstić information content (AvgIpc) is 2.95. The zero-order valence-corrected chi connectivity index (χ0v) is 11.3. The van der Waals surface area contributed by atoms with Crippen LogP contribution in [-0.4, -0.2) is 33.0 Å². The molecule has 21 heavy (non-hydrogen) atoms. The molecule has 0 spiro atoms. The molecule has 108 valence electrons. The molecule has 0 bridgehead atoms. The predicted molar refractivity (Wildman–Crippen MR) is 75.8 cm³/mol. The second-order valence-corrected chi connectivity index (χ2v) is 5.22. The molecule has 0 saturated heterocycles. The number of aliphatic carboxylic acids is 1. The van der Waals surface area contributed by atoms with Crippen LogP contribution in [0.2, 0.25) is 0 Å². The first-order valence-electron chi connectivity index (χ1n) is 6.89. The Labute approximate surface area is 121 Å². The smallest absolute Gasteiger partial charge is 0.308 e. The molecule has 6 nitrogen and oxygen atoms in total. The molecule has 1 aliphatic carbocycles. The van der Waals surface area contributed by atoms with Gasteiger partial charge >= 0.3 is 5.97 Å². The Morgan fingerprint density at radius 1 is 1.14 bits per heavy atom. The number of nitrogens with one attached hydrogen (secondary N) is 1. The van der Waals surface area contributed by atoms with Crippen molar-refractivity contribution in [2.45, 2.75) is 25.3 Å². The number of hydrogen-bond acceptors (Lipinski definition) is 4. The lowest BCUT2D eigenvalue weighted by Crippen LogP contribution is -2.40. The number of aromatic nitrogens is 2. The predicted octanol–water partition coefficient (Wildman–Crippen LogP) is 1.61. The van der Waals surface area contributed by atoms with Gasteiger partial charge in [0, 0.05) is 24.0 Å². The second-order valence-electron chi connectivity index (χ2n) is 5.22. The number of fused-ring (bicyclic) bond motifs is 1. The van der Waals surface area contributed by atoms with Crippen molar-refractivity contribution in [2.24, 2.45) is 5.92 Å². The van der Waals surface area contributed by atoms with Gasteiger partial charge in [-0.15, -0.1) is 0 Å². The van der Waals surface area contributed by atoms with E-state index < -0.39 is 11.9 Å². The minimum absolute atomic E-state index is 0.263. The maximum atomic E-state index is 12.3. The Hall–Kier alpha value is -2.50. The summed E-state index contributed by atoms with van der Waals surface area (Å²) in [7, 11) is 0. The normalized spacial score (nSPS) is 21.3. The maximum Gasteiger partial charge on any atom is 0.308 e. The third-order valence-electron chi connectivity index (χ3n) is 3.88. The van der Waals surface area contributed by atoms with Crippen molar-refractivity contribution in [3.8, 4) is 0 Å². The van der Waals surface area contributed by atoms with Gasteiger partial charge in [-0.1, -0.05) is 6.42 Å². The van der Waals surface area contributed by atoms with E-state index in [0.717, 1.165) is 11.9 Å². The number of carboxylic acid groups (broad SMARTS) is 1. The van der Waals surface area contributed by atoms with E-state index in [1.807, 2.05) is 0 Å². The molecule has 6 heteroatoms. The molecule has 2 atom stereocenters. The first-order chi connectivity index (χ1) is 10.1. The summed E-state index contributed by atoms with van der Waals surface area (Å²) in [6.45, 7) is 0. The molecular weight excluding hydrogens is 270 g/mol. The minimum Gasteiger partial charge on any atom is -0.481 e. The number of carboxylic acids is 1. The van der Waals surface area contributed by atoms with Gasteiger partial charge in [0.1, 0.15) is 0 Å². The SMILES string of the molecule is O=C(NC1CCCC1C(=O)O)c1ccc2nccnc2c1. The van der Waals surface area contributed by atoms with Crippen LogP contribution in [0.5, 0.6) is 0 Å². The Morgan fingerprint density at radius 3 is 2.67 bits per heavy atom. The molecule has 2 aromatic rings. The highest BCUT2D eigenvalue weighted by molar-refractivity contribution is 5.97. The molecular formula is C15H15N3O3. The lowest BCUT2D eigenvalue weighted by Gasteiger charge is -2.17. The minimum atomic E-state index is -0.845. The summed E-state index contributed by atoms with van der Waals surface area (Å²) in [6, 6.07) is 4.78. The first-order valence-corrected chi connectivity index (χ1v) is 6.89. The van der Waals surface area contributed by atoms with Crippen molar-refractivity contribution >= 4 is 22.9 Å². The molecule has 2 N–H and O–H groups in total. The van der Waals surface area contributed by atoms with Crippen LogP contribution in [0.1, 0.15) is 29.6 Å². The molecule has 1 heterocycles. The fourth-order valence-electron chi connectivity index (χ4n) is 2.78. The molecule has 1 aromatic carbocycles. The van der Waals surface area contributed by atoms with E-state index in [1.165, 1.54) is 0 Å². The van der Waals surface area contributed by atoms with E-state index in [-0.39, 0.29) is 11.9 Å². The van der Waals surface area contributed by atoms with Crippen LogP contribution in [0.4, 0.5) is 0 Å². The molecule has 0 radical (unpaired) electrons. The van der Waals surface area contributed by atoms with E-state index in [1.54, 1.807) is 30.6 Å². The van der Waals surface area contributed by atoms with Gasteiger partial charge in [0.2, 0.25) is 0 Å². The number of rotatable bonds is 3. The van der Waals surface area contributed by atoms with Crippen LogP contribution in [0.15, 0.2) is 30.6 Å². The van der Waals surface area contributed by atoms with Crippen molar-refractivity contribution in [2.75, 3.05) is 0 Å². The number of hydrogen-bond donors (Lipinski definition) is 2. The summed E-state index contributed by atoms with van der Waals surface area (Å²) < 4.78 is 0. The molecule has 1 saturated carbocycles. The Balaban J connectivity index is 1.79. The van der Waals surface area contributed by atoms with Crippen molar-refractivity contribution in [3.63, 3.8) is 0 Å². The molecule has 2 unspecified atom stereocenters. The van der Waals surface area contributed by atoms with Crippen LogP contribution < -0.4 is 5.32 Å². The maximum absolute atomic E-state index is 12.3. The third kappa shape index (κ3) is 2.69. The van der Waals surface area contributed by atoms with Crippen molar-refractivity contribution < 1.29 is 14.7 Å². The van der Waals surface area contributed by atoms with Gasteiger partial charge in [-0.25, -0.2) is 0 Å². The van der Waals surface area contributed by atoms with Crippen molar-refractivity contribution in [1.82, 2.24) is 15.3 Å². The largest absolute Gasteiger partial charge is 0.481 e. The van der Waals surface area contributed by atoms with E-state index in [4.69, 9.17) is 5.11 Å². The van der Waals surface area contributed by atoms with Crippen LogP contribution in [0, 0.1) is 5.92 Å². The second kappa shape index (κ2) is 5.47. The zero-order valence-electron chi connectivity index (χ0n) is 11.3. The number of carbonyl (C=O) groups is 2. The Morgan fingerprint density at radius 2 is 1.90 bits per heavy atom. The Kier molecular flexibility index (Phi) is 3.51. The summed E-state index contributed by atoms with van der Waals surface area (Å²) in [4.78, 5) is 31.7. The Bertz CT molecular complexity index is 701. The molecule has 1 fully saturated rings. The molecule has 1 amide bonds. The summed E-state index contributed by atoms with van der Waals surface area (Å²) in [5.74, 6) is -1.60. The van der Waals surface area contributed by atoms with E-state index in [0.29, 0.717) is 23.9 Å². The van der Waals surface area contributed by atoms with E-state index in [9.17, 15) is 9.59 Å². The van der Waals surface area contributed by atoms with Crippen LogP contribution in [-0.2, 0) is 4.79 Å². The lowest BCUT2D eigenvalue weighted by molar-refractivity contribution is -0.142. The topological polar surface area (TPSA) is 92.2 Å². The molecule has 1 aromatic heterocycles. The fourth-order valence-corrected chi connectivity index (χ4v) is 2.78. The van der Waals surface area contributed by atoms with E-state index >= 15 is 0 Å². The van der Waals surface area contributed by atoms with Gasteiger partial charge in [-0.05, 0) is 31.0 Å². The van der Waals surface area contributed by atoms with Gasteiger partial charge in [0.25, 0.3) is 5.91 Å². The summed E-state index contributed by atoms with van der Waals surface area (Å²) in [6.07, 6.45) is 5.31. The number of amides is 1. The van der Waals surface area contributed by atoms with Crippen LogP contribution in [0.3, 0.4) is 0 Å². The van der Waals surface area contributed by atoms with Crippen LogP contribution in [0.25, 0.3) is 11.0 Å². The first kappa shape index (κ1) is 13.5. The lowest BCUT2D eigenvalue weighted by atomic mass is 10.0. The van der Waals surface area contributed by atoms with Gasteiger partial charge in [0.05, 0.1) is 17.0 Å². The summed E-state index contributed by atoms with van der Waals surface area (Å²) in [5.41, 5.74) is 1.84. The van der Waals surface area contributed by atoms with E-state index in [2.05, 4.69) is 15.3 Å². The van der Waals surface area contributed by atoms with Crippen LogP contribution >= 0.6 is 0 Å². The van der Waals surface area contributed by atoms with Crippen molar-refractivity contribution in [3.05, 3.63) is 36.2 Å². The molecule has 3 rings (SSSR count). The highest BCUT2D eigenvalue weighted by Gasteiger charge is 2.33. The highest BCUT2D eigenvalue weighted by atomic mass is 16.4. The highest BCUT2D eigenvalue weighted by Crippen LogP contribution is 2.26. The monoisotopic (exact) mass is 285 g/mol. The van der Waals surface area contributed by atoms with Crippen molar-refractivity contribution in [1.29, 1.82) is 0 Å². The quantitative estimate of drug-likeness (QED) is 0.893. The van der Waals surface area contributed by atoms with Gasteiger partial charge in [-0.2, -0.15) is 0 Å². The average molecular weight is 285 g/mol. The molecule has 1 aliphatic rings.